The third-order valence-electron chi connectivity index (χ3n) is 9.37. The standard InChI is InChI=1S/C29H48O/c1-21(10-8-17-27(3,4)5)25-16-19-28(6)24(11-9-18-29(25,28)7)15-14-23-13-12-22(2)26(30)20-23/h14-15,21,25-26,30H,2,8-13,16-20H2,1,3-7H3/b23-14+,24-15+/t21-,25+,26+,28-,29+/m0/s1. The van der Waals surface area contributed by atoms with Crippen LogP contribution >= 0.6 is 0 Å². The van der Waals surface area contributed by atoms with Crippen LogP contribution < -0.4 is 0 Å². The molecule has 0 aromatic heterocycles. The second-order valence-corrected chi connectivity index (χ2v) is 12.6. The predicted molar refractivity (Wildman–Crippen MR) is 130 cm³/mol. The fourth-order valence-electron chi connectivity index (χ4n) is 7.06. The minimum absolute atomic E-state index is 0.333. The molecule has 0 bridgehead atoms. The molecule has 170 valence electrons. The Labute approximate surface area is 187 Å². The van der Waals surface area contributed by atoms with Gasteiger partial charge in [-0.05, 0) is 91.4 Å². The van der Waals surface area contributed by atoms with E-state index >= 15 is 0 Å². The van der Waals surface area contributed by atoms with Crippen molar-refractivity contribution in [2.75, 3.05) is 0 Å². The number of aliphatic hydroxyl groups excluding tert-OH is 1. The van der Waals surface area contributed by atoms with E-state index < -0.39 is 0 Å². The predicted octanol–water partition coefficient (Wildman–Crippen LogP) is 8.40. The minimum atomic E-state index is -0.333. The van der Waals surface area contributed by atoms with E-state index in [0.717, 1.165) is 36.7 Å². The zero-order valence-electron chi connectivity index (χ0n) is 20.8. The van der Waals surface area contributed by atoms with Gasteiger partial charge in [-0.15, -0.1) is 0 Å². The largest absolute Gasteiger partial charge is 0.388 e. The Kier molecular flexibility index (Phi) is 7.13. The highest BCUT2D eigenvalue weighted by Gasteiger charge is 2.57. The molecule has 3 aliphatic carbocycles. The Bertz CT molecular complexity index is 690. The zero-order chi connectivity index (χ0) is 22.2. The van der Waals surface area contributed by atoms with Gasteiger partial charge >= 0.3 is 0 Å². The quantitative estimate of drug-likeness (QED) is 0.449. The highest BCUT2D eigenvalue weighted by atomic mass is 16.3. The molecule has 3 rings (SSSR count). The molecule has 0 unspecified atom stereocenters. The van der Waals surface area contributed by atoms with Gasteiger partial charge in [0.2, 0.25) is 0 Å². The molecular weight excluding hydrogens is 364 g/mol. The second kappa shape index (κ2) is 8.97. The fraction of sp³-hybridized carbons (Fsp3) is 0.793. The lowest BCUT2D eigenvalue weighted by molar-refractivity contribution is 0.0338. The molecule has 1 N–H and O–H groups in total. The minimum Gasteiger partial charge on any atom is -0.388 e. The molecule has 30 heavy (non-hydrogen) atoms. The van der Waals surface area contributed by atoms with Crippen molar-refractivity contribution in [3.8, 4) is 0 Å². The van der Waals surface area contributed by atoms with Crippen molar-refractivity contribution in [3.05, 3.63) is 35.5 Å². The summed E-state index contributed by atoms with van der Waals surface area (Å²) in [6.07, 6.45) is 18.1. The normalized spacial score (nSPS) is 38.8. The van der Waals surface area contributed by atoms with Crippen LogP contribution in [0.25, 0.3) is 0 Å². The van der Waals surface area contributed by atoms with Gasteiger partial charge in [-0.1, -0.05) is 84.3 Å². The molecular formula is C29H48O. The van der Waals surface area contributed by atoms with E-state index in [2.05, 4.69) is 60.3 Å². The highest BCUT2D eigenvalue weighted by molar-refractivity contribution is 5.31. The lowest BCUT2D eigenvalue weighted by Gasteiger charge is -2.51. The van der Waals surface area contributed by atoms with Crippen molar-refractivity contribution >= 4 is 0 Å². The lowest BCUT2D eigenvalue weighted by Crippen LogP contribution is -2.43. The molecule has 0 saturated heterocycles. The maximum absolute atomic E-state index is 10.2. The van der Waals surface area contributed by atoms with Crippen molar-refractivity contribution < 1.29 is 5.11 Å². The maximum atomic E-state index is 10.2. The smallest absolute Gasteiger partial charge is 0.0784 e. The van der Waals surface area contributed by atoms with Crippen molar-refractivity contribution in [1.29, 1.82) is 0 Å². The first kappa shape index (κ1) is 23.8. The Balaban J connectivity index is 1.73. The van der Waals surface area contributed by atoms with Gasteiger partial charge in [-0.25, -0.2) is 0 Å². The van der Waals surface area contributed by atoms with Crippen LogP contribution in [0.1, 0.15) is 112 Å². The van der Waals surface area contributed by atoms with Gasteiger partial charge in [-0.3, -0.25) is 0 Å². The Morgan fingerprint density at radius 1 is 1.13 bits per heavy atom. The number of fused-ring (bicyclic) bond motifs is 1. The molecule has 0 aromatic rings. The van der Waals surface area contributed by atoms with E-state index in [-0.39, 0.29) is 6.10 Å². The summed E-state index contributed by atoms with van der Waals surface area (Å²) in [4.78, 5) is 0. The molecule has 1 heteroatoms. The van der Waals surface area contributed by atoms with Crippen molar-refractivity contribution in [2.45, 2.75) is 118 Å². The highest BCUT2D eigenvalue weighted by Crippen LogP contribution is 2.67. The van der Waals surface area contributed by atoms with Crippen molar-refractivity contribution in [3.63, 3.8) is 0 Å². The summed E-state index contributed by atoms with van der Waals surface area (Å²) in [5.41, 5.74) is 5.35. The summed E-state index contributed by atoms with van der Waals surface area (Å²) in [6.45, 7) is 18.9. The van der Waals surface area contributed by atoms with Gasteiger partial charge in [0, 0.05) is 0 Å². The molecule has 5 atom stereocenters. The zero-order valence-corrected chi connectivity index (χ0v) is 20.8. The molecule has 3 aliphatic rings. The van der Waals surface area contributed by atoms with Crippen molar-refractivity contribution in [2.24, 2.45) is 28.1 Å². The van der Waals surface area contributed by atoms with E-state index in [4.69, 9.17) is 0 Å². The summed E-state index contributed by atoms with van der Waals surface area (Å²) in [5, 5.41) is 10.2. The Morgan fingerprint density at radius 3 is 2.53 bits per heavy atom. The fourth-order valence-corrected chi connectivity index (χ4v) is 7.06. The van der Waals surface area contributed by atoms with E-state index in [9.17, 15) is 5.11 Å². The average Bonchev–Trinajstić information content (AvgIpc) is 2.93. The van der Waals surface area contributed by atoms with Crippen LogP contribution in [0.15, 0.2) is 35.5 Å². The number of allylic oxidation sites excluding steroid dienone is 3. The van der Waals surface area contributed by atoms with Gasteiger partial charge in [0.05, 0.1) is 6.10 Å². The van der Waals surface area contributed by atoms with Gasteiger partial charge in [0.15, 0.2) is 0 Å². The van der Waals surface area contributed by atoms with Gasteiger partial charge in [-0.2, -0.15) is 0 Å². The van der Waals surface area contributed by atoms with Gasteiger partial charge < -0.3 is 5.11 Å². The summed E-state index contributed by atoms with van der Waals surface area (Å²) in [6, 6.07) is 0. The molecule has 0 aliphatic heterocycles. The second-order valence-electron chi connectivity index (χ2n) is 12.6. The molecule has 3 fully saturated rings. The molecule has 0 radical (unpaired) electrons. The number of hydrogen-bond acceptors (Lipinski definition) is 1. The first-order valence-corrected chi connectivity index (χ1v) is 12.7. The van der Waals surface area contributed by atoms with Crippen LogP contribution in [0, 0.1) is 28.1 Å². The monoisotopic (exact) mass is 412 g/mol. The SMILES string of the molecule is C=C1CC/C(=C\C=C2/CCC[C@]3(C)[C@@H]([C@@H](C)CCCC(C)(C)C)CC[C@@]23C)C[C@H]1O. The summed E-state index contributed by atoms with van der Waals surface area (Å²) in [7, 11) is 0. The molecule has 0 amide bonds. The topological polar surface area (TPSA) is 20.2 Å². The number of aliphatic hydroxyl groups is 1. The number of hydrogen-bond donors (Lipinski definition) is 1. The summed E-state index contributed by atoms with van der Waals surface area (Å²) >= 11 is 0. The van der Waals surface area contributed by atoms with E-state index in [1.54, 1.807) is 5.57 Å². The summed E-state index contributed by atoms with van der Waals surface area (Å²) < 4.78 is 0. The average molecular weight is 413 g/mol. The Morgan fingerprint density at radius 2 is 1.87 bits per heavy atom. The van der Waals surface area contributed by atoms with Crippen LogP contribution in [0.3, 0.4) is 0 Å². The van der Waals surface area contributed by atoms with Gasteiger partial charge in [0.25, 0.3) is 0 Å². The molecule has 0 aromatic carbocycles. The van der Waals surface area contributed by atoms with Crippen LogP contribution in [0.5, 0.6) is 0 Å². The molecule has 0 spiro atoms. The lowest BCUT2D eigenvalue weighted by atomic mass is 9.53. The number of rotatable bonds is 5. The molecule has 0 heterocycles. The van der Waals surface area contributed by atoms with E-state index in [0.29, 0.717) is 16.2 Å². The van der Waals surface area contributed by atoms with Gasteiger partial charge in [0.1, 0.15) is 0 Å². The third kappa shape index (κ3) is 4.82. The Hall–Kier alpha value is -0.820. The van der Waals surface area contributed by atoms with Crippen molar-refractivity contribution in [1.82, 2.24) is 0 Å². The van der Waals surface area contributed by atoms with Crippen LogP contribution in [-0.4, -0.2) is 11.2 Å². The van der Waals surface area contributed by atoms with E-state index in [1.807, 2.05) is 0 Å². The summed E-state index contributed by atoms with van der Waals surface area (Å²) in [5.74, 6) is 1.69. The van der Waals surface area contributed by atoms with Crippen LogP contribution in [-0.2, 0) is 0 Å². The first-order chi connectivity index (χ1) is 14.0. The first-order valence-electron chi connectivity index (χ1n) is 12.7. The third-order valence-corrected chi connectivity index (χ3v) is 9.37. The maximum Gasteiger partial charge on any atom is 0.0784 e. The van der Waals surface area contributed by atoms with E-state index in [1.165, 1.54) is 56.9 Å². The van der Waals surface area contributed by atoms with Crippen LogP contribution in [0.4, 0.5) is 0 Å². The molecule has 3 saturated carbocycles. The van der Waals surface area contributed by atoms with Crippen LogP contribution in [0.2, 0.25) is 0 Å². The molecule has 1 nitrogen and oxygen atoms in total.